The lowest BCUT2D eigenvalue weighted by Gasteiger charge is -2.20. The molecule has 2 amide bonds. The maximum absolute atomic E-state index is 12.0. The summed E-state index contributed by atoms with van der Waals surface area (Å²) in [5.41, 5.74) is 6.67. The Morgan fingerprint density at radius 3 is 2.40 bits per heavy atom. The Labute approximate surface area is 120 Å². The van der Waals surface area contributed by atoms with E-state index in [0.29, 0.717) is 17.8 Å². The second kappa shape index (κ2) is 8.19. The van der Waals surface area contributed by atoms with Crippen LogP contribution in [-0.4, -0.2) is 36.3 Å². The molecule has 0 heterocycles. The van der Waals surface area contributed by atoms with Gasteiger partial charge in [-0.3, -0.25) is 9.59 Å². The smallest absolute Gasteiger partial charge is 0.251 e. The number of amides is 2. The topological polar surface area (TPSA) is 75.4 Å². The molecule has 0 saturated heterocycles. The zero-order valence-electron chi connectivity index (χ0n) is 12.2. The SMILES string of the molecule is CCCCN(CC)C(=O)CNC(=O)c1ccc(N)cc1. The molecule has 0 spiro atoms. The summed E-state index contributed by atoms with van der Waals surface area (Å²) in [5.74, 6) is -0.311. The van der Waals surface area contributed by atoms with Crippen LogP contribution in [0.1, 0.15) is 37.0 Å². The summed E-state index contributed by atoms with van der Waals surface area (Å²) in [5, 5.41) is 2.64. The number of carbonyl (C=O) groups is 2. The highest BCUT2D eigenvalue weighted by Crippen LogP contribution is 2.05. The lowest BCUT2D eigenvalue weighted by molar-refractivity contribution is -0.130. The van der Waals surface area contributed by atoms with Crippen molar-refractivity contribution in [3.8, 4) is 0 Å². The van der Waals surface area contributed by atoms with E-state index in [9.17, 15) is 9.59 Å². The second-order valence-electron chi connectivity index (χ2n) is 4.63. The highest BCUT2D eigenvalue weighted by molar-refractivity contribution is 5.96. The summed E-state index contributed by atoms with van der Waals surface area (Å²) < 4.78 is 0. The van der Waals surface area contributed by atoms with E-state index in [0.717, 1.165) is 19.4 Å². The van der Waals surface area contributed by atoms with Crippen LogP contribution in [0.5, 0.6) is 0 Å². The average molecular weight is 277 g/mol. The van der Waals surface area contributed by atoms with E-state index in [2.05, 4.69) is 12.2 Å². The van der Waals surface area contributed by atoms with Crippen molar-refractivity contribution in [3.63, 3.8) is 0 Å². The second-order valence-corrected chi connectivity index (χ2v) is 4.63. The van der Waals surface area contributed by atoms with E-state index in [-0.39, 0.29) is 18.4 Å². The van der Waals surface area contributed by atoms with Crippen molar-refractivity contribution < 1.29 is 9.59 Å². The Morgan fingerprint density at radius 1 is 1.20 bits per heavy atom. The zero-order chi connectivity index (χ0) is 15.0. The van der Waals surface area contributed by atoms with Gasteiger partial charge in [0.25, 0.3) is 5.91 Å². The molecule has 110 valence electrons. The number of nitrogens with two attached hydrogens (primary N) is 1. The van der Waals surface area contributed by atoms with E-state index in [1.165, 1.54) is 0 Å². The minimum absolute atomic E-state index is 0.0285. The van der Waals surface area contributed by atoms with Gasteiger partial charge in [0.05, 0.1) is 6.54 Å². The third-order valence-corrected chi connectivity index (χ3v) is 3.09. The molecule has 20 heavy (non-hydrogen) atoms. The standard InChI is InChI=1S/C15H23N3O2/c1-3-5-10-18(4-2)14(19)11-17-15(20)12-6-8-13(16)9-7-12/h6-9H,3-5,10-11,16H2,1-2H3,(H,17,20). The van der Waals surface area contributed by atoms with Gasteiger partial charge in [0.1, 0.15) is 0 Å². The predicted octanol–water partition coefficient (Wildman–Crippen LogP) is 1.65. The monoisotopic (exact) mass is 277 g/mol. The van der Waals surface area contributed by atoms with Gasteiger partial charge in [0, 0.05) is 24.3 Å². The zero-order valence-corrected chi connectivity index (χ0v) is 12.2. The van der Waals surface area contributed by atoms with Gasteiger partial charge < -0.3 is 16.0 Å². The van der Waals surface area contributed by atoms with E-state index in [1.54, 1.807) is 29.2 Å². The Morgan fingerprint density at radius 2 is 1.85 bits per heavy atom. The summed E-state index contributed by atoms with van der Waals surface area (Å²) >= 11 is 0. The lowest BCUT2D eigenvalue weighted by Crippen LogP contribution is -2.40. The fraction of sp³-hybridized carbons (Fsp3) is 0.467. The summed E-state index contributed by atoms with van der Waals surface area (Å²) in [4.78, 5) is 25.6. The molecule has 0 aromatic heterocycles. The molecule has 0 atom stereocenters. The molecule has 5 heteroatoms. The maximum atomic E-state index is 12.0. The normalized spacial score (nSPS) is 10.1. The predicted molar refractivity (Wildman–Crippen MR) is 80.3 cm³/mol. The first-order chi connectivity index (χ1) is 9.58. The molecule has 1 aromatic rings. The fourth-order valence-electron chi connectivity index (χ4n) is 1.81. The molecule has 3 N–H and O–H groups in total. The summed E-state index contributed by atoms with van der Waals surface area (Å²) in [6.45, 7) is 5.46. The van der Waals surface area contributed by atoms with Crippen molar-refractivity contribution in [1.29, 1.82) is 0 Å². The number of nitrogens with one attached hydrogen (secondary N) is 1. The van der Waals surface area contributed by atoms with Gasteiger partial charge in [-0.05, 0) is 37.6 Å². The van der Waals surface area contributed by atoms with Crippen molar-refractivity contribution >= 4 is 17.5 Å². The molecule has 1 aromatic carbocycles. The molecular weight excluding hydrogens is 254 g/mol. The number of rotatable bonds is 7. The van der Waals surface area contributed by atoms with Gasteiger partial charge in [-0.2, -0.15) is 0 Å². The first-order valence-electron chi connectivity index (χ1n) is 7.00. The van der Waals surface area contributed by atoms with E-state index in [4.69, 9.17) is 5.73 Å². The van der Waals surface area contributed by atoms with Crippen molar-refractivity contribution in [1.82, 2.24) is 10.2 Å². The van der Waals surface area contributed by atoms with Crippen LogP contribution in [0.25, 0.3) is 0 Å². The lowest BCUT2D eigenvalue weighted by atomic mass is 10.2. The third kappa shape index (κ3) is 4.91. The number of hydrogen-bond acceptors (Lipinski definition) is 3. The Balaban J connectivity index is 2.47. The van der Waals surface area contributed by atoms with Gasteiger partial charge in [0.15, 0.2) is 0 Å². The van der Waals surface area contributed by atoms with Crippen molar-refractivity contribution in [2.45, 2.75) is 26.7 Å². The van der Waals surface area contributed by atoms with Crippen LogP contribution in [-0.2, 0) is 4.79 Å². The van der Waals surface area contributed by atoms with Crippen LogP contribution < -0.4 is 11.1 Å². The summed E-state index contributed by atoms with van der Waals surface area (Å²) in [7, 11) is 0. The van der Waals surface area contributed by atoms with Crippen LogP contribution >= 0.6 is 0 Å². The Hall–Kier alpha value is -2.04. The van der Waals surface area contributed by atoms with Crippen LogP contribution in [0.4, 0.5) is 5.69 Å². The number of carbonyl (C=O) groups excluding carboxylic acids is 2. The van der Waals surface area contributed by atoms with Gasteiger partial charge in [-0.25, -0.2) is 0 Å². The number of nitrogens with zero attached hydrogens (tertiary/aromatic N) is 1. The largest absolute Gasteiger partial charge is 0.399 e. The van der Waals surface area contributed by atoms with Crippen molar-refractivity contribution in [2.24, 2.45) is 0 Å². The molecule has 0 unspecified atom stereocenters. The van der Waals surface area contributed by atoms with Crippen LogP contribution in [0.15, 0.2) is 24.3 Å². The quantitative estimate of drug-likeness (QED) is 0.744. The molecule has 5 nitrogen and oxygen atoms in total. The van der Waals surface area contributed by atoms with E-state index in [1.807, 2.05) is 6.92 Å². The van der Waals surface area contributed by atoms with Crippen LogP contribution in [0.2, 0.25) is 0 Å². The molecule has 0 saturated carbocycles. The number of hydrogen-bond donors (Lipinski definition) is 2. The van der Waals surface area contributed by atoms with Gasteiger partial charge in [-0.1, -0.05) is 13.3 Å². The molecule has 0 radical (unpaired) electrons. The number of likely N-dealkylation sites (N-methyl/N-ethyl adjacent to an activating group) is 1. The van der Waals surface area contributed by atoms with E-state index < -0.39 is 0 Å². The van der Waals surface area contributed by atoms with Crippen LogP contribution in [0.3, 0.4) is 0 Å². The Kier molecular flexibility index (Phi) is 6.56. The van der Waals surface area contributed by atoms with Gasteiger partial charge in [-0.15, -0.1) is 0 Å². The average Bonchev–Trinajstić information content (AvgIpc) is 2.46. The third-order valence-electron chi connectivity index (χ3n) is 3.09. The summed E-state index contributed by atoms with van der Waals surface area (Å²) in [6, 6.07) is 6.61. The summed E-state index contributed by atoms with van der Waals surface area (Å²) in [6.07, 6.45) is 2.02. The molecule has 0 fully saturated rings. The van der Waals surface area contributed by atoms with Gasteiger partial charge in [0.2, 0.25) is 5.91 Å². The number of nitrogen functional groups attached to an aromatic ring is 1. The number of anilines is 1. The Bertz CT molecular complexity index is 443. The minimum atomic E-state index is -0.259. The molecule has 0 bridgehead atoms. The molecule has 0 aliphatic carbocycles. The molecule has 1 rings (SSSR count). The van der Waals surface area contributed by atoms with Gasteiger partial charge >= 0.3 is 0 Å². The first-order valence-corrected chi connectivity index (χ1v) is 7.00. The van der Waals surface area contributed by atoms with E-state index >= 15 is 0 Å². The maximum Gasteiger partial charge on any atom is 0.251 e. The number of benzene rings is 1. The fourth-order valence-corrected chi connectivity index (χ4v) is 1.81. The minimum Gasteiger partial charge on any atom is -0.399 e. The highest BCUT2D eigenvalue weighted by Gasteiger charge is 2.13. The number of unbranched alkanes of at least 4 members (excludes halogenated alkanes) is 1. The van der Waals surface area contributed by atoms with Crippen molar-refractivity contribution in [2.75, 3.05) is 25.4 Å². The molecule has 0 aliphatic heterocycles. The van der Waals surface area contributed by atoms with Crippen molar-refractivity contribution in [3.05, 3.63) is 29.8 Å². The molecular formula is C15H23N3O2. The van der Waals surface area contributed by atoms with Crippen LogP contribution in [0, 0.1) is 0 Å². The first kappa shape index (κ1) is 16.0. The molecule has 0 aliphatic rings. The highest BCUT2D eigenvalue weighted by atomic mass is 16.2.